The van der Waals surface area contributed by atoms with Crippen LogP contribution in [0.3, 0.4) is 0 Å². The zero-order valence-electron chi connectivity index (χ0n) is 15.6. The summed E-state index contributed by atoms with van der Waals surface area (Å²) in [5, 5.41) is 12.1. The van der Waals surface area contributed by atoms with E-state index < -0.39 is 5.91 Å². The third-order valence-corrected chi connectivity index (χ3v) is 4.76. The van der Waals surface area contributed by atoms with Crippen molar-refractivity contribution in [3.8, 4) is 6.07 Å². The molecule has 5 heteroatoms. The van der Waals surface area contributed by atoms with Crippen LogP contribution in [-0.4, -0.2) is 19.0 Å². The first-order valence-corrected chi connectivity index (χ1v) is 9.03. The Morgan fingerprint density at radius 2 is 1.85 bits per heavy atom. The van der Waals surface area contributed by atoms with Crippen LogP contribution in [0, 0.1) is 31.0 Å². The lowest BCUT2D eigenvalue weighted by molar-refractivity contribution is -0.112. The van der Waals surface area contributed by atoms with E-state index in [9.17, 15) is 14.4 Å². The number of anilines is 2. The smallest absolute Gasteiger partial charge is 0.266 e. The van der Waals surface area contributed by atoms with Gasteiger partial charge in [-0.25, -0.2) is 4.39 Å². The number of nitrogens with one attached hydrogen (secondary N) is 1. The summed E-state index contributed by atoms with van der Waals surface area (Å²) in [6.45, 7) is 5.52. The number of hydrogen-bond acceptors (Lipinski definition) is 3. The van der Waals surface area contributed by atoms with Crippen molar-refractivity contribution in [2.24, 2.45) is 0 Å². The molecule has 3 rings (SSSR count). The van der Waals surface area contributed by atoms with Gasteiger partial charge in [0.15, 0.2) is 0 Å². The van der Waals surface area contributed by atoms with E-state index in [-0.39, 0.29) is 11.4 Å². The van der Waals surface area contributed by atoms with Crippen LogP contribution in [0.4, 0.5) is 15.8 Å². The van der Waals surface area contributed by atoms with Crippen LogP contribution in [0.2, 0.25) is 0 Å². The normalized spacial score (nSPS) is 14.1. The summed E-state index contributed by atoms with van der Waals surface area (Å²) >= 11 is 0. The fourth-order valence-corrected chi connectivity index (χ4v) is 3.18. The van der Waals surface area contributed by atoms with Gasteiger partial charge in [-0.2, -0.15) is 5.26 Å². The molecule has 1 heterocycles. The molecule has 0 atom stereocenters. The lowest BCUT2D eigenvalue weighted by Gasteiger charge is -2.19. The molecule has 0 aromatic heterocycles. The molecule has 1 amide bonds. The Balaban J connectivity index is 1.84. The Morgan fingerprint density at radius 1 is 1.19 bits per heavy atom. The lowest BCUT2D eigenvalue weighted by atomic mass is 10.0. The Kier molecular flexibility index (Phi) is 5.56. The molecule has 1 aliphatic rings. The van der Waals surface area contributed by atoms with Gasteiger partial charge < -0.3 is 10.2 Å². The number of hydrogen-bond donors (Lipinski definition) is 1. The van der Waals surface area contributed by atoms with Crippen LogP contribution >= 0.6 is 0 Å². The number of nitrogens with zero attached hydrogens (tertiary/aromatic N) is 2. The number of nitriles is 1. The SMILES string of the molecule is Cc1ccc(NC(=O)C(C#N)=Cc2cc(F)c(N3CCCC3)cc2C)cc1. The van der Waals surface area contributed by atoms with E-state index in [2.05, 4.69) is 5.32 Å². The maximum Gasteiger partial charge on any atom is 0.266 e. The average Bonchev–Trinajstić information content (AvgIpc) is 3.18. The zero-order chi connectivity index (χ0) is 19.4. The number of amides is 1. The van der Waals surface area contributed by atoms with E-state index in [0.717, 1.165) is 37.1 Å². The van der Waals surface area contributed by atoms with Crippen molar-refractivity contribution >= 4 is 23.4 Å². The summed E-state index contributed by atoms with van der Waals surface area (Å²) < 4.78 is 14.6. The Labute approximate surface area is 158 Å². The minimum atomic E-state index is -0.509. The first-order valence-electron chi connectivity index (χ1n) is 9.03. The summed E-state index contributed by atoms with van der Waals surface area (Å²) in [4.78, 5) is 14.4. The van der Waals surface area contributed by atoms with Crippen molar-refractivity contribution in [2.45, 2.75) is 26.7 Å². The maximum absolute atomic E-state index is 14.6. The van der Waals surface area contributed by atoms with E-state index in [1.165, 1.54) is 12.1 Å². The van der Waals surface area contributed by atoms with Crippen LogP contribution in [0.15, 0.2) is 42.0 Å². The van der Waals surface area contributed by atoms with E-state index >= 15 is 0 Å². The molecule has 0 unspecified atom stereocenters. The van der Waals surface area contributed by atoms with Crippen molar-refractivity contribution in [3.05, 3.63) is 64.5 Å². The largest absolute Gasteiger partial charge is 0.369 e. The Bertz CT molecular complexity index is 920. The van der Waals surface area contributed by atoms with Crippen LogP contribution in [0.5, 0.6) is 0 Å². The van der Waals surface area contributed by atoms with Gasteiger partial charge in [0.05, 0.1) is 5.69 Å². The van der Waals surface area contributed by atoms with Gasteiger partial charge in [0, 0.05) is 18.8 Å². The lowest BCUT2D eigenvalue weighted by Crippen LogP contribution is -2.19. The van der Waals surface area contributed by atoms with E-state index in [1.54, 1.807) is 18.2 Å². The number of carbonyl (C=O) groups excluding carboxylic acids is 1. The quantitative estimate of drug-likeness (QED) is 0.638. The molecular formula is C22H22FN3O. The number of halogens is 1. The highest BCUT2D eigenvalue weighted by Gasteiger charge is 2.18. The highest BCUT2D eigenvalue weighted by Crippen LogP contribution is 2.28. The van der Waals surface area contributed by atoms with Gasteiger partial charge in [0.2, 0.25) is 0 Å². The molecule has 2 aromatic carbocycles. The second-order valence-corrected chi connectivity index (χ2v) is 6.84. The molecule has 1 aliphatic heterocycles. The van der Waals surface area contributed by atoms with Crippen LogP contribution in [-0.2, 0) is 4.79 Å². The molecule has 0 radical (unpaired) electrons. The predicted molar refractivity (Wildman–Crippen MR) is 106 cm³/mol. The molecule has 0 saturated carbocycles. The summed E-state index contributed by atoms with van der Waals surface area (Å²) in [6, 6.07) is 12.4. The first kappa shape index (κ1) is 18.7. The van der Waals surface area contributed by atoms with Crippen molar-refractivity contribution in [2.75, 3.05) is 23.3 Å². The molecule has 1 fully saturated rings. The van der Waals surface area contributed by atoms with Crippen molar-refractivity contribution in [1.82, 2.24) is 0 Å². The first-order chi connectivity index (χ1) is 13.0. The number of rotatable bonds is 4. The zero-order valence-corrected chi connectivity index (χ0v) is 15.6. The summed E-state index contributed by atoms with van der Waals surface area (Å²) in [7, 11) is 0. The van der Waals surface area contributed by atoms with Crippen molar-refractivity contribution < 1.29 is 9.18 Å². The standard InChI is InChI=1S/C22H22FN3O/c1-15-5-7-19(8-6-15)25-22(27)18(14-24)12-17-13-20(23)21(11-16(17)2)26-9-3-4-10-26/h5-8,11-13H,3-4,9-10H2,1-2H3,(H,25,27). The van der Waals surface area contributed by atoms with Gasteiger partial charge in [-0.05, 0) is 68.2 Å². The summed E-state index contributed by atoms with van der Waals surface area (Å²) in [5.41, 5.74) is 3.57. The molecule has 0 aliphatic carbocycles. The summed E-state index contributed by atoms with van der Waals surface area (Å²) in [5.74, 6) is -0.838. The van der Waals surface area contributed by atoms with E-state index in [1.807, 2.05) is 36.9 Å². The van der Waals surface area contributed by atoms with Gasteiger partial charge in [-0.3, -0.25) is 4.79 Å². The molecule has 27 heavy (non-hydrogen) atoms. The topological polar surface area (TPSA) is 56.1 Å². The van der Waals surface area contributed by atoms with E-state index in [4.69, 9.17) is 0 Å². The van der Waals surface area contributed by atoms with Crippen molar-refractivity contribution in [1.29, 1.82) is 5.26 Å². The maximum atomic E-state index is 14.6. The fourth-order valence-electron chi connectivity index (χ4n) is 3.18. The molecule has 2 aromatic rings. The third-order valence-electron chi connectivity index (χ3n) is 4.76. The molecule has 0 spiro atoms. The second-order valence-electron chi connectivity index (χ2n) is 6.84. The molecule has 4 nitrogen and oxygen atoms in total. The van der Waals surface area contributed by atoms with Crippen LogP contribution < -0.4 is 10.2 Å². The average molecular weight is 363 g/mol. The van der Waals surface area contributed by atoms with Gasteiger partial charge in [-0.1, -0.05) is 17.7 Å². The predicted octanol–water partition coefficient (Wildman–Crippen LogP) is 4.59. The minimum Gasteiger partial charge on any atom is -0.369 e. The third kappa shape index (κ3) is 4.35. The van der Waals surface area contributed by atoms with Crippen molar-refractivity contribution in [3.63, 3.8) is 0 Å². The molecular weight excluding hydrogens is 341 g/mol. The van der Waals surface area contributed by atoms with Crippen LogP contribution in [0.1, 0.15) is 29.5 Å². The minimum absolute atomic E-state index is 0.0630. The summed E-state index contributed by atoms with van der Waals surface area (Å²) in [6.07, 6.45) is 3.57. The highest BCUT2D eigenvalue weighted by atomic mass is 19.1. The molecule has 1 N–H and O–H groups in total. The van der Waals surface area contributed by atoms with E-state index in [0.29, 0.717) is 16.9 Å². The van der Waals surface area contributed by atoms with Gasteiger partial charge in [0.25, 0.3) is 5.91 Å². The fraction of sp³-hybridized carbons (Fsp3) is 0.273. The van der Waals surface area contributed by atoms with Gasteiger partial charge in [0.1, 0.15) is 17.5 Å². The number of carbonyl (C=O) groups is 1. The second kappa shape index (κ2) is 8.05. The number of aryl methyl sites for hydroxylation is 2. The highest BCUT2D eigenvalue weighted by molar-refractivity contribution is 6.09. The number of benzene rings is 2. The van der Waals surface area contributed by atoms with Gasteiger partial charge in [-0.15, -0.1) is 0 Å². The Hall–Kier alpha value is -3.13. The Morgan fingerprint density at radius 3 is 2.48 bits per heavy atom. The monoisotopic (exact) mass is 363 g/mol. The van der Waals surface area contributed by atoms with Crippen LogP contribution in [0.25, 0.3) is 6.08 Å². The van der Waals surface area contributed by atoms with Gasteiger partial charge >= 0.3 is 0 Å². The molecule has 0 bridgehead atoms. The molecule has 1 saturated heterocycles. The molecule has 138 valence electrons.